The molecule has 0 bridgehead atoms. The summed E-state index contributed by atoms with van der Waals surface area (Å²) in [5.41, 5.74) is 4.85. The molecular weight excluding hydrogens is 382 g/mol. The van der Waals surface area contributed by atoms with E-state index in [0.717, 1.165) is 22.0 Å². The standard InChI is InChI=1S/C23H19N3O4/c1-28-19-10-9-16(14-25-26-23(27)21-8-4-12-29-21)13-18(19)15-30-20-7-2-5-17-6-3-11-24-22(17)20/h2-14H,15H2,1H3,(H,26,27)/b25-14+. The molecule has 7 nitrogen and oxygen atoms in total. The van der Waals surface area contributed by atoms with Crippen LogP contribution in [-0.4, -0.2) is 24.2 Å². The average Bonchev–Trinajstić information content (AvgIpc) is 3.33. The minimum atomic E-state index is -0.420. The van der Waals surface area contributed by atoms with Crippen molar-refractivity contribution in [2.45, 2.75) is 6.61 Å². The van der Waals surface area contributed by atoms with E-state index in [-0.39, 0.29) is 5.76 Å². The van der Waals surface area contributed by atoms with Gasteiger partial charge < -0.3 is 13.9 Å². The Morgan fingerprint density at radius 2 is 2.03 bits per heavy atom. The molecule has 0 fully saturated rings. The molecule has 0 aliphatic carbocycles. The summed E-state index contributed by atoms with van der Waals surface area (Å²) in [5, 5.41) is 4.99. The highest BCUT2D eigenvalue weighted by Crippen LogP contribution is 2.26. The van der Waals surface area contributed by atoms with Gasteiger partial charge in [-0.05, 0) is 48.0 Å². The fourth-order valence-electron chi connectivity index (χ4n) is 2.97. The van der Waals surface area contributed by atoms with E-state index in [1.807, 2.05) is 48.5 Å². The van der Waals surface area contributed by atoms with E-state index < -0.39 is 5.91 Å². The Morgan fingerprint density at radius 1 is 1.13 bits per heavy atom. The van der Waals surface area contributed by atoms with Crippen LogP contribution < -0.4 is 14.9 Å². The Morgan fingerprint density at radius 3 is 2.87 bits per heavy atom. The first-order valence-corrected chi connectivity index (χ1v) is 9.25. The number of para-hydroxylation sites is 1. The van der Waals surface area contributed by atoms with Gasteiger partial charge >= 0.3 is 5.91 Å². The normalized spacial score (nSPS) is 11.0. The zero-order valence-electron chi connectivity index (χ0n) is 16.2. The van der Waals surface area contributed by atoms with Crippen LogP contribution in [0.4, 0.5) is 0 Å². The highest BCUT2D eigenvalue weighted by Gasteiger charge is 2.09. The van der Waals surface area contributed by atoms with Gasteiger partial charge in [-0.25, -0.2) is 5.43 Å². The van der Waals surface area contributed by atoms with Gasteiger partial charge in [-0.15, -0.1) is 0 Å². The quantitative estimate of drug-likeness (QED) is 0.371. The van der Waals surface area contributed by atoms with Gasteiger partial charge in [0.25, 0.3) is 0 Å². The van der Waals surface area contributed by atoms with Crippen LogP contribution in [0.3, 0.4) is 0 Å². The number of hydrazone groups is 1. The molecular formula is C23H19N3O4. The highest BCUT2D eigenvalue weighted by atomic mass is 16.5. The number of nitrogens with one attached hydrogen (secondary N) is 1. The number of carbonyl (C=O) groups is 1. The SMILES string of the molecule is COc1ccc(/C=N/NC(=O)c2ccco2)cc1COc1cccc2cccnc12. The third-order valence-corrected chi connectivity index (χ3v) is 4.41. The van der Waals surface area contributed by atoms with Crippen LogP contribution in [0.25, 0.3) is 10.9 Å². The van der Waals surface area contributed by atoms with Crippen LogP contribution >= 0.6 is 0 Å². The Labute approximate surface area is 173 Å². The van der Waals surface area contributed by atoms with Gasteiger partial charge in [0.1, 0.15) is 23.6 Å². The van der Waals surface area contributed by atoms with Crippen molar-refractivity contribution in [3.63, 3.8) is 0 Å². The average molecular weight is 401 g/mol. The smallest absolute Gasteiger partial charge is 0.307 e. The van der Waals surface area contributed by atoms with Gasteiger partial charge in [0.05, 0.1) is 19.6 Å². The number of nitrogens with zero attached hydrogens (tertiary/aromatic N) is 2. The third kappa shape index (κ3) is 4.30. The van der Waals surface area contributed by atoms with Gasteiger partial charge in [0.15, 0.2) is 5.76 Å². The van der Waals surface area contributed by atoms with Crippen LogP contribution in [0.1, 0.15) is 21.7 Å². The maximum atomic E-state index is 11.9. The highest BCUT2D eigenvalue weighted by molar-refractivity contribution is 5.92. The number of aromatic nitrogens is 1. The monoisotopic (exact) mass is 401 g/mol. The van der Waals surface area contributed by atoms with E-state index in [1.54, 1.807) is 31.7 Å². The number of fused-ring (bicyclic) bond motifs is 1. The molecule has 0 radical (unpaired) electrons. The van der Waals surface area contributed by atoms with Crippen LogP contribution in [0.15, 0.2) is 82.6 Å². The lowest BCUT2D eigenvalue weighted by atomic mass is 10.1. The number of rotatable bonds is 7. The van der Waals surface area contributed by atoms with E-state index >= 15 is 0 Å². The first-order chi connectivity index (χ1) is 14.7. The molecule has 30 heavy (non-hydrogen) atoms. The summed E-state index contributed by atoms with van der Waals surface area (Å²) in [4.78, 5) is 16.3. The van der Waals surface area contributed by atoms with Crippen LogP contribution in [0.5, 0.6) is 11.5 Å². The molecule has 4 rings (SSSR count). The molecule has 0 aliphatic rings. The Kier molecular flexibility index (Phi) is 5.70. The lowest BCUT2D eigenvalue weighted by molar-refractivity contribution is 0.0927. The second-order valence-electron chi connectivity index (χ2n) is 6.37. The Hall–Kier alpha value is -4.13. The second kappa shape index (κ2) is 8.91. The van der Waals surface area contributed by atoms with Crippen molar-refractivity contribution in [1.29, 1.82) is 0 Å². The summed E-state index contributed by atoms with van der Waals surface area (Å²) in [6, 6.07) is 18.4. The molecule has 0 saturated heterocycles. The maximum absolute atomic E-state index is 11.9. The number of furan rings is 1. The van der Waals surface area contributed by atoms with Gasteiger partial charge in [0, 0.05) is 17.1 Å². The molecule has 0 saturated carbocycles. The van der Waals surface area contributed by atoms with Crippen LogP contribution in [-0.2, 0) is 6.61 Å². The van der Waals surface area contributed by atoms with E-state index in [1.165, 1.54) is 6.26 Å². The zero-order valence-corrected chi connectivity index (χ0v) is 16.2. The van der Waals surface area contributed by atoms with Crippen molar-refractivity contribution in [1.82, 2.24) is 10.4 Å². The summed E-state index contributed by atoms with van der Waals surface area (Å²) in [5.74, 6) is 1.16. The maximum Gasteiger partial charge on any atom is 0.307 e. The molecule has 0 unspecified atom stereocenters. The minimum Gasteiger partial charge on any atom is -0.496 e. The number of hydrogen-bond acceptors (Lipinski definition) is 6. The fourth-order valence-corrected chi connectivity index (χ4v) is 2.97. The van der Waals surface area contributed by atoms with Crippen molar-refractivity contribution >= 4 is 23.0 Å². The number of pyridine rings is 1. The molecule has 1 N–H and O–H groups in total. The van der Waals surface area contributed by atoms with Crippen molar-refractivity contribution < 1.29 is 18.7 Å². The number of benzene rings is 2. The Balaban J connectivity index is 1.48. The van der Waals surface area contributed by atoms with Crippen LogP contribution in [0, 0.1) is 0 Å². The van der Waals surface area contributed by atoms with Gasteiger partial charge in [-0.3, -0.25) is 9.78 Å². The lowest BCUT2D eigenvalue weighted by Crippen LogP contribution is -2.16. The second-order valence-corrected chi connectivity index (χ2v) is 6.37. The predicted octanol–water partition coefficient (Wildman–Crippen LogP) is 4.18. The zero-order chi connectivity index (χ0) is 20.8. The third-order valence-electron chi connectivity index (χ3n) is 4.41. The van der Waals surface area contributed by atoms with Crippen molar-refractivity contribution in [3.8, 4) is 11.5 Å². The fraction of sp³-hybridized carbons (Fsp3) is 0.0870. The molecule has 0 spiro atoms. The van der Waals surface area contributed by atoms with Gasteiger partial charge in [-0.2, -0.15) is 5.10 Å². The number of ether oxygens (including phenoxy) is 2. The molecule has 2 heterocycles. The largest absolute Gasteiger partial charge is 0.496 e. The van der Waals surface area contributed by atoms with Crippen molar-refractivity contribution in [2.24, 2.45) is 5.10 Å². The van der Waals surface area contributed by atoms with E-state index in [0.29, 0.717) is 18.1 Å². The molecule has 1 amide bonds. The summed E-state index contributed by atoms with van der Waals surface area (Å²) >= 11 is 0. The number of methoxy groups -OCH3 is 1. The van der Waals surface area contributed by atoms with E-state index in [9.17, 15) is 4.79 Å². The van der Waals surface area contributed by atoms with Crippen molar-refractivity contribution in [2.75, 3.05) is 7.11 Å². The van der Waals surface area contributed by atoms with Gasteiger partial charge in [0.2, 0.25) is 0 Å². The van der Waals surface area contributed by atoms with E-state index in [4.69, 9.17) is 13.9 Å². The van der Waals surface area contributed by atoms with E-state index in [2.05, 4.69) is 15.5 Å². The predicted molar refractivity (Wildman–Crippen MR) is 113 cm³/mol. The first-order valence-electron chi connectivity index (χ1n) is 9.25. The molecule has 0 atom stereocenters. The number of amides is 1. The molecule has 2 aromatic carbocycles. The minimum absolute atomic E-state index is 0.194. The summed E-state index contributed by atoms with van der Waals surface area (Å²) in [6.45, 7) is 0.291. The molecule has 2 aromatic heterocycles. The van der Waals surface area contributed by atoms with Crippen LogP contribution in [0.2, 0.25) is 0 Å². The molecule has 7 heteroatoms. The first kappa shape index (κ1) is 19.2. The summed E-state index contributed by atoms with van der Waals surface area (Å²) in [7, 11) is 1.61. The van der Waals surface area contributed by atoms with Gasteiger partial charge in [-0.1, -0.05) is 18.2 Å². The summed E-state index contributed by atoms with van der Waals surface area (Å²) < 4.78 is 16.5. The molecule has 0 aliphatic heterocycles. The molecule has 4 aromatic rings. The number of carbonyl (C=O) groups excluding carboxylic acids is 1. The summed E-state index contributed by atoms with van der Waals surface area (Å²) in [6.07, 6.45) is 4.72. The Bertz CT molecular complexity index is 1180. The van der Waals surface area contributed by atoms with Crippen molar-refractivity contribution in [3.05, 3.63) is 90.0 Å². The number of hydrogen-bond donors (Lipinski definition) is 1. The topological polar surface area (TPSA) is 86.0 Å². The molecule has 150 valence electrons. The lowest BCUT2D eigenvalue weighted by Gasteiger charge is -2.12.